The lowest BCUT2D eigenvalue weighted by Crippen LogP contribution is -2.35. The Labute approximate surface area is 324 Å². The molecule has 0 rings (SSSR count). The van der Waals surface area contributed by atoms with Crippen molar-refractivity contribution in [1.29, 1.82) is 0 Å². The molecule has 0 heterocycles. The van der Waals surface area contributed by atoms with E-state index in [1.165, 1.54) is 128 Å². The van der Waals surface area contributed by atoms with E-state index in [1.807, 2.05) is 0 Å². The Bertz CT molecular complexity index is 730. The Hall–Kier alpha value is -1.14. The molecule has 0 saturated carbocycles. The predicted molar refractivity (Wildman–Crippen MR) is 223 cm³/mol. The molecule has 0 spiro atoms. The van der Waals surface area contributed by atoms with Crippen LogP contribution >= 0.6 is 0 Å². The quantitative estimate of drug-likeness (QED) is 0.0496. The molecule has 0 aromatic heterocycles. The molecule has 52 heavy (non-hydrogen) atoms. The van der Waals surface area contributed by atoms with Gasteiger partial charge < -0.3 is 19.5 Å². The minimum atomic E-state index is -0.0421. The zero-order valence-electron chi connectivity index (χ0n) is 35.6. The van der Waals surface area contributed by atoms with Crippen molar-refractivity contribution in [1.82, 2.24) is 4.90 Å². The molecule has 1 unspecified atom stereocenters. The van der Waals surface area contributed by atoms with Gasteiger partial charge in [-0.1, -0.05) is 162 Å². The third-order valence-corrected chi connectivity index (χ3v) is 10.9. The molecule has 0 aliphatic heterocycles. The molecule has 0 fully saturated rings. The van der Waals surface area contributed by atoms with Crippen LogP contribution in [0.1, 0.15) is 246 Å². The summed E-state index contributed by atoms with van der Waals surface area (Å²) < 4.78 is 11.5. The Kier molecular flexibility index (Phi) is 40.1. The second-order valence-electron chi connectivity index (χ2n) is 16.0. The Morgan fingerprint density at radius 2 is 0.865 bits per heavy atom. The fourth-order valence-electron chi connectivity index (χ4n) is 7.28. The second-order valence-corrected chi connectivity index (χ2v) is 16.0. The zero-order chi connectivity index (χ0) is 38.2. The molecule has 0 saturated heterocycles. The molecule has 6 nitrogen and oxygen atoms in total. The Morgan fingerprint density at radius 3 is 1.35 bits per heavy atom. The number of rotatable bonds is 42. The number of hydrogen-bond acceptors (Lipinski definition) is 6. The fraction of sp³-hybridized carbons (Fsp3) is 0.957. The molecular weight excluding hydrogens is 647 g/mol. The first-order valence-corrected chi connectivity index (χ1v) is 23.2. The monoisotopic (exact) mass is 738 g/mol. The van der Waals surface area contributed by atoms with E-state index in [0.717, 1.165) is 90.1 Å². The normalized spacial score (nSPS) is 12.2. The zero-order valence-corrected chi connectivity index (χ0v) is 35.6. The number of aliphatic hydroxyl groups excluding tert-OH is 1. The van der Waals surface area contributed by atoms with Crippen molar-refractivity contribution in [2.24, 2.45) is 0 Å². The first kappa shape index (κ1) is 50.9. The molecule has 310 valence electrons. The topological polar surface area (TPSA) is 76.1 Å². The SMILES string of the molecule is CCCCCCCCCCCOC(=O)CCCCCN(CCCCCCCC(=O)OC(CCCCCCCC)CCCCCCCC)C(C)CCO. The smallest absolute Gasteiger partial charge is 0.306 e. The van der Waals surface area contributed by atoms with Crippen molar-refractivity contribution in [3.63, 3.8) is 0 Å². The number of nitrogens with zero attached hydrogens (tertiary/aromatic N) is 1. The van der Waals surface area contributed by atoms with Gasteiger partial charge in [0.25, 0.3) is 0 Å². The lowest BCUT2D eigenvalue weighted by molar-refractivity contribution is -0.150. The number of esters is 2. The van der Waals surface area contributed by atoms with E-state index in [2.05, 4.69) is 32.6 Å². The van der Waals surface area contributed by atoms with Gasteiger partial charge in [-0.3, -0.25) is 9.59 Å². The van der Waals surface area contributed by atoms with Crippen molar-refractivity contribution in [3.8, 4) is 0 Å². The van der Waals surface area contributed by atoms with E-state index in [-0.39, 0.29) is 24.6 Å². The van der Waals surface area contributed by atoms with Crippen LogP contribution in [0.2, 0.25) is 0 Å². The van der Waals surface area contributed by atoms with Crippen LogP contribution in [-0.2, 0) is 19.1 Å². The van der Waals surface area contributed by atoms with Crippen LogP contribution in [0.3, 0.4) is 0 Å². The molecule has 1 atom stereocenters. The summed E-state index contributed by atoms with van der Waals surface area (Å²) in [4.78, 5) is 27.4. The Morgan fingerprint density at radius 1 is 0.481 bits per heavy atom. The summed E-state index contributed by atoms with van der Waals surface area (Å²) >= 11 is 0. The summed E-state index contributed by atoms with van der Waals surface area (Å²) in [5, 5.41) is 9.54. The third-order valence-electron chi connectivity index (χ3n) is 10.9. The fourth-order valence-corrected chi connectivity index (χ4v) is 7.28. The van der Waals surface area contributed by atoms with Crippen molar-refractivity contribution in [3.05, 3.63) is 0 Å². The molecule has 0 aliphatic rings. The number of carbonyl (C=O) groups excluding carboxylic acids is 2. The van der Waals surface area contributed by atoms with E-state index in [1.54, 1.807) is 0 Å². The number of hydrogen-bond donors (Lipinski definition) is 1. The van der Waals surface area contributed by atoms with Gasteiger partial charge in [0.1, 0.15) is 6.10 Å². The molecular formula is C46H91NO5. The van der Waals surface area contributed by atoms with Crippen LogP contribution in [0.25, 0.3) is 0 Å². The minimum Gasteiger partial charge on any atom is -0.466 e. The van der Waals surface area contributed by atoms with Gasteiger partial charge in [0.2, 0.25) is 0 Å². The highest BCUT2D eigenvalue weighted by Crippen LogP contribution is 2.19. The summed E-state index contributed by atoms with van der Waals surface area (Å²) in [5.41, 5.74) is 0. The van der Waals surface area contributed by atoms with Gasteiger partial charge in [-0.2, -0.15) is 0 Å². The summed E-state index contributed by atoms with van der Waals surface area (Å²) in [6.07, 6.45) is 39.3. The van der Waals surface area contributed by atoms with Crippen molar-refractivity contribution in [2.45, 2.75) is 258 Å². The maximum absolute atomic E-state index is 12.7. The second kappa shape index (κ2) is 41.0. The molecule has 1 N–H and O–H groups in total. The first-order chi connectivity index (χ1) is 25.5. The first-order valence-electron chi connectivity index (χ1n) is 23.2. The summed E-state index contributed by atoms with van der Waals surface area (Å²) in [6.45, 7) is 11.9. The lowest BCUT2D eigenvalue weighted by atomic mass is 10.0. The number of ether oxygens (including phenoxy) is 2. The van der Waals surface area contributed by atoms with Crippen LogP contribution in [0.5, 0.6) is 0 Å². The van der Waals surface area contributed by atoms with E-state index >= 15 is 0 Å². The van der Waals surface area contributed by atoms with Crippen LogP contribution in [-0.4, -0.2) is 60.4 Å². The Balaban J connectivity index is 4.15. The average molecular weight is 738 g/mol. The molecule has 0 amide bonds. The van der Waals surface area contributed by atoms with Gasteiger partial charge in [-0.05, 0) is 84.2 Å². The predicted octanol–water partition coefficient (Wildman–Crippen LogP) is 13.4. The summed E-state index contributed by atoms with van der Waals surface area (Å²) in [6, 6.07) is 0.363. The molecule has 0 aliphatic carbocycles. The average Bonchev–Trinajstić information content (AvgIpc) is 3.13. The molecule has 0 aromatic rings. The number of aliphatic hydroxyl groups is 1. The van der Waals surface area contributed by atoms with E-state index in [4.69, 9.17) is 9.47 Å². The van der Waals surface area contributed by atoms with E-state index in [9.17, 15) is 14.7 Å². The standard InChI is InChI=1S/C46H91NO5/c1-5-8-11-14-17-18-19-25-33-42-51-45(49)36-30-26-32-40-47(43(4)38-41-48)39-31-24-20-23-29-37-46(50)52-44(34-27-21-15-12-9-6-2)35-28-22-16-13-10-7-3/h43-44,48H,5-42H2,1-4H3. The van der Waals surface area contributed by atoms with Gasteiger partial charge in [-0.15, -0.1) is 0 Å². The van der Waals surface area contributed by atoms with E-state index in [0.29, 0.717) is 25.5 Å². The molecule has 0 aromatic carbocycles. The highest BCUT2D eigenvalue weighted by molar-refractivity contribution is 5.69. The summed E-state index contributed by atoms with van der Waals surface area (Å²) in [5.74, 6) is -0.0301. The van der Waals surface area contributed by atoms with Crippen molar-refractivity contribution < 1.29 is 24.2 Å². The minimum absolute atomic E-state index is 0.0121. The number of unbranched alkanes of at least 4 members (excludes halogenated alkanes) is 24. The van der Waals surface area contributed by atoms with Gasteiger partial charge in [0, 0.05) is 25.5 Å². The number of carbonyl (C=O) groups is 2. The molecule has 0 bridgehead atoms. The van der Waals surface area contributed by atoms with Crippen LogP contribution in [0.4, 0.5) is 0 Å². The maximum atomic E-state index is 12.7. The maximum Gasteiger partial charge on any atom is 0.306 e. The van der Waals surface area contributed by atoms with Crippen LogP contribution < -0.4 is 0 Å². The van der Waals surface area contributed by atoms with Crippen LogP contribution in [0.15, 0.2) is 0 Å². The van der Waals surface area contributed by atoms with E-state index < -0.39 is 0 Å². The van der Waals surface area contributed by atoms with Crippen molar-refractivity contribution in [2.75, 3.05) is 26.3 Å². The summed E-state index contributed by atoms with van der Waals surface area (Å²) in [7, 11) is 0. The third kappa shape index (κ3) is 35.9. The largest absolute Gasteiger partial charge is 0.466 e. The van der Waals surface area contributed by atoms with Gasteiger partial charge in [0.15, 0.2) is 0 Å². The molecule has 0 radical (unpaired) electrons. The van der Waals surface area contributed by atoms with Gasteiger partial charge in [-0.25, -0.2) is 0 Å². The van der Waals surface area contributed by atoms with Gasteiger partial charge in [0.05, 0.1) is 6.61 Å². The lowest BCUT2D eigenvalue weighted by Gasteiger charge is -2.29. The van der Waals surface area contributed by atoms with Gasteiger partial charge >= 0.3 is 11.9 Å². The molecule has 6 heteroatoms. The highest BCUT2D eigenvalue weighted by Gasteiger charge is 2.15. The van der Waals surface area contributed by atoms with Crippen LogP contribution in [0, 0.1) is 0 Å². The highest BCUT2D eigenvalue weighted by atomic mass is 16.5. The van der Waals surface area contributed by atoms with Crippen molar-refractivity contribution >= 4 is 11.9 Å².